The zero-order chi connectivity index (χ0) is 16.2. The van der Waals surface area contributed by atoms with Crippen LogP contribution < -0.4 is 0 Å². The summed E-state index contributed by atoms with van der Waals surface area (Å²) in [6, 6.07) is 7.97. The third-order valence-corrected chi connectivity index (χ3v) is 4.40. The van der Waals surface area contributed by atoms with Crippen molar-refractivity contribution in [3.05, 3.63) is 36.0 Å². The Hall–Kier alpha value is -2.30. The lowest BCUT2D eigenvalue weighted by molar-refractivity contribution is -0.138. The van der Waals surface area contributed by atoms with Crippen LogP contribution in [0.3, 0.4) is 0 Å². The molecule has 1 aromatic heterocycles. The maximum absolute atomic E-state index is 12.6. The Kier molecular flexibility index (Phi) is 4.65. The van der Waals surface area contributed by atoms with Crippen LogP contribution in [0.1, 0.15) is 25.3 Å². The number of carbonyl (C=O) groups excluding carboxylic acids is 2. The van der Waals surface area contributed by atoms with Gasteiger partial charge in [0.2, 0.25) is 11.8 Å². The van der Waals surface area contributed by atoms with Crippen molar-refractivity contribution in [2.45, 2.75) is 26.2 Å². The molecule has 5 heteroatoms. The van der Waals surface area contributed by atoms with Crippen LogP contribution in [-0.4, -0.2) is 52.8 Å². The highest BCUT2D eigenvalue weighted by atomic mass is 16.2. The molecule has 1 fully saturated rings. The second-order valence-electron chi connectivity index (χ2n) is 6.09. The molecule has 0 spiro atoms. The molecule has 1 N–H and O–H groups in total. The first kappa shape index (κ1) is 15.6. The van der Waals surface area contributed by atoms with Gasteiger partial charge in [0.25, 0.3) is 0 Å². The van der Waals surface area contributed by atoms with E-state index < -0.39 is 0 Å². The van der Waals surface area contributed by atoms with Crippen LogP contribution in [0.25, 0.3) is 10.9 Å². The number of aromatic amines is 1. The van der Waals surface area contributed by atoms with Crippen LogP contribution in [0.2, 0.25) is 0 Å². The number of amides is 2. The Labute approximate surface area is 136 Å². The van der Waals surface area contributed by atoms with Gasteiger partial charge in [-0.3, -0.25) is 9.59 Å². The number of hydrogen-bond acceptors (Lipinski definition) is 2. The lowest BCUT2D eigenvalue weighted by Gasteiger charge is -2.21. The second-order valence-corrected chi connectivity index (χ2v) is 6.09. The predicted octanol–water partition coefficient (Wildman–Crippen LogP) is 2.18. The van der Waals surface area contributed by atoms with E-state index in [1.807, 2.05) is 35.4 Å². The number of nitrogens with one attached hydrogen (secondary N) is 1. The Morgan fingerprint density at radius 1 is 1.26 bits per heavy atom. The smallest absolute Gasteiger partial charge is 0.242 e. The molecule has 0 unspecified atom stereocenters. The average Bonchev–Trinajstić information content (AvgIpc) is 2.86. The molecule has 23 heavy (non-hydrogen) atoms. The standard InChI is InChI=1S/C18H23N3O2/c1-2-8-20-9-5-10-21(13-18(20)23)17(22)11-14-12-19-16-7-4-3-6-15(14)16/h3-4,6-7,12,19H,2,5,8-11,13H2,1H3. The number of fused-ring (bicyclic) bond motifs is 1. The molecule has 2 amide bonds. The Morgan fingerprint density at radius 2 is 2.09 bits per heavy atom. The molecule has 1 aliphatic heterocycles. The average molecular weight is 313 g/mol. The number of hydrogen-bond donors (Lipinski definition) is 1. The van der Waals surface area contributed by atoms with Gasteiger partial charge in [0, 0.05) is 36.7 Å². The van der Waals surface area contributed by atoms with Crippen molar-refractivity contribution in [1.29, 1.82) is 0 Å². The quantitative estimate of drug-likeness (QED) is 0.940. The molecule has 2 heterocycles. The fraction of sp³-hybridized carbons (Fsp3) is 0.444. The third-order valence-electron chi connectivity index (χ3n) is 4.40. The van der Waals surface area contributed by atoms with E-state index in [9.17, 15) is 9.59 Å². The van der Waals surface area contributed by atoms with Gasteiger partial charge < -0.3 is 14.8 Å². The highest BCUT2D eigenvalue weighted by Gasteiger charge is 2.24. The van der Waals surface area contributed by atoms with Gasteiger partial charge in [-0.2, -0.15) is 0 Å². The minimum atomic E-state index is 0.0291. The maximum Gasteiger partial charge on any atom is 0.242 e. The first-order chi connectivity index (χ1) is 11.2. The summed E-state index contributed by atoms with van der Waals surface area (Å²) in [6.07, 6.45) is 4.04. The van der Waals surface area contributed by atoms with E-state index in [0.29, 0.717) is 13.0 Å². The number of rotatable bonds is 4. The number of nitrogens with zero attached hydrogens (tertiary/aromatic N) is 2. The SMILES string of the molecule is CCCN1CCCN(C(=O)Cc2c[nH]c3ccccc23)CC1=O. The van der Waals surface area contributed by atoms with Gasteiger partial charge in [-0.15, -0.1) is 0 Å². The lowest BCUT2D eigenvalue weighted by Crippen LogP contribution is -2.40. The maximum atomic E-state index is 12.6. The minimum Gasteiger partial charge on any atom is -0.361 e. The van der Waals surface area contributed by atoms with Gasteiger partial charge in [0.15, 0.2) is 0 Å². The van der Waals surface area contributed by atoms with Crippen molar-refractivity contribution in [2.24, 2.45) is 0 Å². The zero-order valence-corrected chi connectivity index (χ0v) is 13.5. The summed E-state index contributed by atoms with van der Waals surface area (Å²) < 4.78 is 0. The number of aromatic nitrogens is 1. The van der Waals surface area contributed by atoms with Crippen molar-refractivity contribution in [1.82, 2.24) is 14.8 Å². The topological polar surface area (TPSA) is 56.4 Å². The molecule has 1 aromatic carbocycles. The third kappa shape index (κ3) is 3.38. The summed E-state index contributed by atoms with van der Waals surface area (Å²) >= 11 is 0. The number of benzene rings is 1. The van der Waals surface area contributed by atoms with Gasteiger partial charge in [0.05, 0.1) is 13.0 Å². The van der Waals surface area contributed by atoms with Crippen LogP contribution in [0.5, 0.6) is 0 Å². The summed E-state index contributed by atoms with van der Waals surface area (Å²) in [5, 5.41) is 1.08. The van der Waals surface area contributed by atoms with E-state index in [-0.39, 0.29) is 18.4 Å². The molecular formula is C18H23N3O2. The van der Waals surface area contributed by atoms with Crippen molar-refractivity contribution in [3.63, 3.8) is 0 Å². The molecule has 5 nitrogen and oxygen atoms in total. The summed E-state index contributed by atoms with van der Waals surface area (Å²) in [6.45, 7) is 4.47. The van der Waals surface area contributed by atoms with Crippen molar-refractivity contribution in [3.8, 4) is 0 Å². The summed E-state index contributed by atoms with van der Waals surface area (Å²) in [7, 11) is 0. The highest BCUT2D eigenvalue weighted by molar-refractivity contribution is 5.90. The van der Waals surface area contributed by atoms with Gasteiger partial charge in [0.1, 0.15) is 0 Å². The zero-order valence-electron chi connectivity index (χ0n) is 13.5. The van der Waals surface area contributed by atoms with Crippen LogP contribution in [0.4, 0.5) is 0 Å². The molecule has 122 valence electrons. The minimum absolute atomic E-state index is 0.0291. The first-order valence-corrected chi connectivity index (χ1v) is 8.29. The Balaban J connectivity index is 1.69. The molecule has 0 aliphatic carbocycles. The van der Waals surface area contributed by atoms with Crippen LogP contribution in [-0.2, 0) is 16.0 Å². The monoisotopic (exact) mass is 313 g/mol. The first-order valence-electron chi connectivity index (χ1n) is 8.29. The summed E-state index contributed by atoms with van der Waals surface area (Å²) in [4.78, 5) is 31.7. The second kappa shape index (κ2) is 6.86. The molecule has 3 rings (SSSR count). The van der Waals surface area contributed by atoms with E-state index >= 15 is 0 Å². The lowest BCUT2D eigenvalue weighted by atomic mass is 10.1. The Morgan fingerprint density at radius 3 is 2.91 bits per heavy atom. The predicted molar refractivity (Wildman–Crippen MR) is 90.1 cm³/mol. The summed E-state index contributed by atoms with van der Waals surface area (Å²) in [5.74, 6) is 0.0954. The van der Waals surface area contributed by atoms with Crippen LogP contribution >= 0.6 is 0 Å². The summed E-state index contributed by atoms with van der Waals surface area (Å²) in [5.41, 5.74) is 2.03. The molecular weight excluding hydrogens is 290 g/mol. The van der Waals surface area contributed by atoms with E-state index in [1.54, 1.807) is 4.90 Å². The van der Waals surface area contributed by atoms with E-state index in [4.69, 9.17) is 0 Å². The molecule has 0 bridgehead atoms. The van der Waals surface area contributed by atoms with E-state index in [0.717, 1.165) is 42.4 Å². The van der Waals surface area contributed by atoms with Crippen molar-refractivity contribution >= 4 is 22.7 Å². The normalized spacial score (nSPS) is 16.0. The van der Waals surface area contributed by atoms with Crippen LogP contribution in [0, 0.1) is 0 Å². The highest BCUT2D eigenvalue weighted by Crippen LogP contribution is 2.19. The molecule has 2 aromatic rings. The van der Waals surface area contributed by atoms with Gasteiger partial charge >= 0.3 is 0 Å². The molecule has 1 aliphatic rings. The van der Waals surface area contributed by atoms with Gasteiger partial charge in [-0.25, -0.2) is 0 Å². The van der Waals surface area contributed by atoms with Crippen molar-refractivity contribution in [2.75, 3.05) is 26.2 Å². The van der Waals surface area contributed by atoms with E-state index in [2.05, 4.69) is 11.9 Å². The largest absolute Gasteiger partial charge is 0.361 e. The molecule has 1 saturated heterocycles. The van der Waals surface area contributed by atoms with Crippen molar-refractivity contribution < 1.29 is 9.59 Å². The number of carbonyl (C=O) groups is 2. The molecule has 0 atom stereocenters. The Bertz CT molecular complexity index is 707. The fourth-order valence-corrected chi connectivity index (χ4v) is 3.19. The van der Waals surface area contributed by atoms with Crippen LogP contribution in [0.15, 0.2) is 30.5 Å². The molecule has 0 saturated carbocycles. The number of H-pyrrole nitrogens is 1. The van der Waals surface area contributed by atoms with Gasteiger partial charge in [-0.1, -0.05) is 25.1 Å². The van der Waals surface area contributed by atoms with E-state index in [1.165, 1.54) is 0 Å². The van der Waals surface area contributed by atoms with Gasteiger partial charge in [-0.05, 0) is 24.5 Å². The fourth-order valence-electron chi connectivity index (χ4n) is 3.19. The number of para-hydroxylation sites is 1. The molecule has 0 radical (unpaired) electrons.